The number of halogens is 1. The molecule has 0 saturated carbocycles. The number of nitrogens with one attached hydrogen (secondary N) is 2. The van der Waals surface area contributed by atoms with Crippen molar-refractivity contribution in [2.45, 2.75) is 26.9 Å². The van der Waals surface area contributed by atoms with Gasteiger partial charge in [-0.05, 0) is 54.6 Å². The van der Waals surface area contributed by atoms with Crippen molar-refractivity contribution in [3.05, 3.63) is 69.0 Å². The molecule has 2 heterocycles. The van der Waals surface area contributed by atoms with Gasteiger partial charge in [-0.15, -0.1) is 12.4 Å². The molecule has 0 fully saturated rings. The molecular weight excluding hydrogens is 352 g/mol. The van der Waals surface area contributed by atoms with Crippen LogP contribution in [0.5, 0.6) is 11.5 Å². The minimum atomic E-state index is -0.0439. The van der Waals surface area contributed by atoms with E-state index < -0.39 is 0 Å². The van der Waals surface area contributed by atoms with Gasteiger partial charge in [0.25, 0.3) is 5.56 Å². The van der Waals surface area contributed by atoms with Gasteiger partial charge in [0.2, 0.25) is 6.79 Å². The van der Waals surface area contributed by atoms with Crippen LogP contribution in [0.3, 0.4) is 0 Å². The molecule has 0 amide bonds. The van der Waals surface area contributed by atoms with Crippen molar-refractivity contribution in [2.24, 2.45) is 0 Å². The summed E-state index contributed by atoms with van der Waals surface area (Å²) in [5, 5.41) is 4.39. The zero-order chi connectivity index (χ0) is 17.4. The standard InChI is InChI=1S/C20H20N2O3.ClH/c1-12-5-13(2)19-15(6-12)8-16(20(23)22-19)10-21-9-14-3-4-17-18(7-14)25-11-24-17;/h3-8,21H,9-11H2,1-2H3,(H,22,23);1H. The third-order valence-corrected chi connectivity index (χ3v) is 4.45. The molecule has 0 radical (unpaired) electrons. The molecule has 0 bridgehead atoms. The molecule has 0 spiro atoms. The molecule has 2 aromatic carbocycles. The van der Waals surface area contributed by atoms with Crippen LogP contribution in [0.1, 0.15) is 22.3 Å². The number of hydrogen-bond donors (Lipinski definition) is 2. The van der Waals surface area contributed by atoms with E-state index in [4.69, 9.17) is 9.47 Å². The predicted molar refractivity (Wildman–Crippen MR) is 104 cm³/mol. The quantitative estimate of drug-likeness (QED) is 0.734. The molecule has 1 aliphatic rings. The number of hydrogen-bond acceptors (Lipinski definition) is 4. The van der Waals surface area contributed by atoms with Crippen molar-refractivity contribution in [1.29, 1.82) is 0 Å². The number of aromatic nitrogens is 1. The number of aromatic amines is 1. The van der Waals surface area contributed by atoms with E-state index in [-0.39, 0.29) is 24.8 Å². The summed E-state index contributed by atoms with van der Waals surface area (Å²) >= 11 is 0. The van der Waals surface area contributed by atoms with E-state index >= 15 is 0 Å². The molecular formula is C20H21ClN2O3. The fraction of sp³-hybridized carbons (Fsp3) is 0.250. The molecule has 0 unspecified atom stereocenters. The van der Waals surface area contributed by atoms with E-state index in [9.17, 15) is 4.79 Å². The first kappa shape index (κ1) is 18.3. The molecule has 136 valence electrons. The van der Waals surface area contributed by atoms with Gasteiger partial charge < -0.3 is 19.8 Å². The zero-order valence-electron chi connectivity index (χ0n) is 14.7. The van der Waals surface area contributed by atoms with Gasteiger partial charge in [0, 0.05) is 18.7 Å². The second-order valence-electron chi connectivity index (χ2n) is 6.46. The Morgan fingerprint density at radius 2 is 1.85 bits per heavy atom. The van der Waals surface area contributed by atoms with E-state index in [1.807, 2.05) is 31.2 Å². The third-order valence-electron chi connectivity index (χ3n) is 4.45. The van der Waals surface area contributed by atoms with Crippen LogP contribution in [-0.2, 0) is 13.1 Å². The van der Waals surface area contributed by atoms with E-state index in [0.717, 1.165) is 39.1 Å². The molecule has 0 aliphatic carbocycles. The second kappa shape index (κ2) is 7.40. The van der Waals surface area contributed by atoms with E-state index in [2.05, 4.69) is 29.4 Å². The Morgan fingerprint density at radius 3 is 2.69 bits per heavy atom. The Hall–Kier alpha value is -2.50. The van der Waals surface area contributed by atoms with E-state index in [1.54, 1.807) is 0 Å². The Labute approximate surface area is 157 Å². The van der Waals surface area contributed by atoms with Crippen molar-refractivity contribution >= 4 is 23.3 Å². The maximum Gasteiger partial charge on any atom is 0.252 e. The molecule has 5 nitrogen and oxygen atoms in total. The summed E-state index contributed by atoms with van der Waals surface area (Å²) in [5.74, 6) is 1.55. The van der Waals surface area contributed by atoms with Crippen LogP contribution in [0.2, 0.25) is 0 Å². The molecule has 0 saturated heterocycles. The summed E-state index contributed by atoms with van der Waals surface area (Å²) in [5.41, 5.74) is 4.97. The van der Waals surface area contributed by atoms with Crippen molar-refractivity contribution < 1.29 is 9.47 Å². The fourth-order valence-corrected chi connectivity index (χ4v) is 3.26. The minimum absolute atomic E-state index is 0. The van der Waals surface area contributed by atoms with Crippen LogP contribution in [0.25, 0.3) is 10.9 Å². The number of ether oxygens (including phenoxy) is 2. The first-order valence-corrected chi connectivity index (χ1v) is 8.32. The predicted octanol–water partition coefficient (Wildman–Crippen LogP) is 3.59. The molecule has 1 aromatic heterocycles. The molecule has 0 atom stereocenters. The SMILES string of the molecule is Cc1cc(C)c2[nH]c(=O)c(CNCc3ccc4c(c3)OCO4)cc2c1.Cl. The highest BCUT2D eigenvalue weighted by molar-refractivity contribution is 5.85. The summed E-state index contributed by atoms with van der Waals surface area (Å²) < 4.78 is 10.7. The molecule has 26 heavy (non-hydrogen) atoms. The first-order chi connectivity index (χ1) is 12.1. The highest BCUT2D eigenvalue weighted by atomic mass is 35.5. The van der Waals surface area contributed by atoms with Crippen LogP contribution in [0.4, 0.5) is 0 Å². The normalized spacial score (nSPS) is 12.2. The van der Waals surface area contributed by atoms with Gasteiger partial charge in [0.05, 0.1) is 5.52 Å². The van der Waals surface area contributed by atoms with Gasteiger partial charge in [0.15, 0.2) is 11.5 Å². The van der Waals surface area contributed by atoms with Gasteiger partial charge in [0.1, 0.15) is 0 Å². The number of fused-ring (bicyclic) bond motifs is 2. The van der Waals surface area contributed by atoms with Crippen molar-refractivity contribution in [1.82, 2.24) is 10.3 Å². The van der Waals surface area contributed by atoms with Gasteiger partial charge in [-0.2, -0.15) is 0 Å². The van der Waals surface area contributed by atoms with Crippen LogP contribution in [-0.4, -0.2) is 11.8 Å². The second-order valence-corrected chi connectivity index (χ2v) is 6.46. The Balaban J connectivity index is 0.00000196. The highest BCUT2D eigenvalue weighted by Gasteiger charge is 2.13. The van der Waals surface area contributed by atoms with Gasteiger partial charge in [-0.3, -0.25) is 4.79 Å². The summed E-state index contributed by atoms with van der Waals surface area (Å²) in [6, 6.07) is 12.0. The van der Waals surface area contributed by atoms with Crippen molar-refractivity contribution in [2.75, 3.05) is 6.79 Å². The minimum Gasteiger partial charge on any atom is -0.454 e. The van der Waals surface area contributed by atoms with Crippen molar-refractivity contribution in [3.63, 3.8) is 0 Å². The largest absolute Gasteiger partial charge is 0.454 e. The maximum absolute atomic E-state index is 12.3. The lowest BCUT2D eigenvalue weighted by Gasteiger charge is -2.09. The smallest absolute Gasteiger partial charge is 0.252 e. The number of benzene rings is 2. The van der Waals surface area contributed by atoms with Crippen LogP contribution < -0.4 is 20.3 Å². The maximum atomic E-state index is 12.3. The highest BCUT2D eigenvalue weighted by Crippen LogP contribution is 2.32. The first-order valence-electron chi connectivity index (χ1n) is 8.32. The van der Waals surface area contributed by atoms with E-state index in [0.29, 0.717) is 13.1 Å². The summed E-state index contributed by atoms with van der Waals surface area (Å²) in [4.78, 5) is 15.3. The molecule has 6 heteroatoms. The number of H-pyrrole nitrogens is 1. The third kappa shape index (κ3) is 3.54. The molecule has 2 N–H and O–H groups in total. The number of pyridine rings is 1. The summed E-state index contributed by atoms with van der Waals surface area (Å²) in [7, 11) is 0. The van der Waals surface area contributed by atoms with Gasteiger partial charge in [-0.1, -0.05) is 17.7 Å². The van der Waals surface area contributed by atoms with Gasteiger partial charge >= 0.3 is 0 Å². The fourth-order valence-electron chi connectivity index (χ4n) is 3.26. The lowest BCUT2D eigenvalue weighted by molar-refractivity contribution is 0.174. The summed E-state index contributed by atoms with van der Waals surface area (Å²) in [6.45, 7) is 5.52. The monoisotopic (exact) mass is 372 g/mol. The Bertz CT molecular complexity index is 1010. The molecule has 3 aromatic rings. The number of rotatable bonds is 4. The van der Waals surface area contributed by atoms with Crippen LogP contribution in [0, 0.1) is 13.8 Å². The van der Waals surface area contributed by atoms with Gasteiger partial charge in [-0.25, -0.2) is 0 Å². The molecule has 1 aliphatic heterocycles. The summed E-state index contributed by atoms with van der Waals surface area (Å²) in [6.07, 6.45) is 0. The Kier molecular flexibility index (Phi) is 5.20. The van der Waals surface area contributed by atoms with Crippen LogP contribution >= 0.6 is 12.4 Å². The lowest BCUT2D eigenvalue weighted by atomic mass is 10.1. The lowest BCUT2D eigenvalue weighted by Crippen LogP contribution is -2.21. The zero-order valence-corrected chi connectivity index (χ0v) is 15.5. The Morgan fingerprint density at radius 1 is 1.04 bits per heavy atom. The molecule has 4 rings (SSSR count). The van der Waals surface area contributed by atoms with Crippen LogP contribution in [0.15, 0.2) is 41.2 Å². The van der Waals surface area contributed by atoms with Crippen molar-refractivity contribution in [3.8, 4) is 11.5 Å². The topological polar surface area (TPSA) is 63.4 Å². The number of aryl methyl sites for hydroxylation is 2. The average Bonchev–Trinajstić information content (AvgIpc) is 3.04. The average molecular weight is 373 g/mol. The van der Waals surface area contributed by atoms with E-state index in [1.165, 1.54) is 5.56 Å².